The number of nitrogens with zero attached hydrogens (tertiary/aromatic N) is 2. The van der Waals surface area contributed by atoms with Crippen molar-refractivity contribution in [1.82, 2.24) is 19.7 Å². The van der Waals surface area contributed by atoms with Crippen LogP contribution in [0.2, 0.25) is 0 Å². The molecule has 2 heterocycles. The number of nitrogens with one attached hydrogen (secondary N) is 2. The monoisotopic (exact) mass is 208 g/mol. The van der Waals surface area contributed by atoms with Crippen LogP contribution in [0.3, 0.4) is 0 Å². The molecule has 72 valence electrons. The molecule has 0 unspecified atom stereocenters. The molecular formula is C8H8N4OS. The SMILES string of the molecule is Cn1[nH]c(-c2cccc(=O)[nH]2)nc1=S. The summed E-state index contributed by atoms with van der Waals surface area (Å²) in [7, 11) is 1.76. The minimum atomic E-state index is -0.160. The van der Waals surface area contributed by atoms with E-state index in [1.54, 1.807) is 23.9 Å². The number of hydrogen-bond acceptors (Lipinski definition) is 3. The third kappa shape index (κ3) is 1.51. The summed E-state index contributed by atoms with van der Waals surface area (Å²) in [5.41, 5.74) is 0.469. The van der Waals surface area contributed by atoms with Gasteiger partial charge in [-0.25, -0.2) is 0 Å². The molecule has 2 rings (SSSR count). The van der Waals surface area contributed by atoms with Gasteiger partial charge in [0.2, 0.25) is 10.3 Å². The predicted molar refractivity (Wildman–Crippen MR) is 54.4 cm³/mol. The first-order valence-corrected chi connectivity index (χ1v) is 4.40. The Labute approximate surface area is 84.4 Å². The number of aryl methyl sites for hydroxylation is 1. The predicted octanol–water partition coefficient (Wildman–Crippen LogP) is 0.833. The van der Waals surface area contributed by atoms with Crippen LogP contribution in [-0.2, 0) is 7.05 Å². The van der Waals surface area contributed by atoms with Crippen LogP contribution in [0.25, 0.3) is 11.5 Å². The lowest BCUT2D eigenvalue weighted by molar-refractivity contribution is 0.755. The second-order valence-electron chi connectivity index (χ2n) is 2.84. The van der Waals surface area contributed by atoms with Crippen molar-refractivity contribution in [3.05, 3.63) is 33.3 Å². The second-order valence-corrected chi connectivity index (χ2v) is 3.21. The highest BCUT2D eigenvalue weighted by Crippen LogP contribution is 2.07. The molecule has 0 atom stereocenters. The fourth-order valence-corrected chi connectivity index (χ4v) is 1.25. The lowest BCUT2D eigenvalue weighted by Gasteiger charge is -1.94. The van der Waals surface area contributed by atoms with Crippen LogP contribution in [0.5, 0.6) is 0 Å². The fraction of sp³-hybridized carbons (Fsp3) is 0.125. The van der Waals surface area contributed by atoms with Crippen molar-refractivity contribution in [2.24, 2.45) is 7.05 Å². The number of aromatic nitrogens is 4. The van der Waals surface area contributed by atoms with E-state index in [-0.39, 0.29) is 5.56 Å². The van der Waals surface area contributed by atoms with Crippen LogP contribution in [0.4, 0.5) is 0 Å². The van der Waals surface area contributed by atoms with Crippen LogP contribution in [0, 0.1) is 4.77 Å². The zero-order valence-corrected chi connectivity index (χ0v) is 8.26. The first kappa shape index (κ1) is 8.89. The molecule has 0 radical (unpaired) electrons. The molecule has 6 heteroatoms. The molecule has 0 spiro atoms. The Hall–Kier alpha value is -1.69. The van der Waals surface area contributed by atoms with Crippen molar-refractivity contribution in [3.8, 4) is 11.5 Å². The molecule has 0 aliphatic heterocycles. The van der Waals surface area contributed by atoms with Crippen LogP contribution in [-0.4, -0.2) is 19.7 Å². The normalized spacial score (nSPS) is 10.4. The highest BCUT2D eigenvalue weighted by atomic mass is 32.1. The Morgan fingerprint density at radius 1 is 1.50 bits per heavy atom. The van der Waals surface area contributed by atoms with Gasteiger partial charge < -0.3 is 4.98 Å². The van der Waals surface area contributed by atoms with Crippen molar-refractivity contribution >= 4 is 12.2 Å². The van der Waals surface area contributed by atoms with Gasteiger partial charge >= 0.3 is 0 Å². The first-order chi connectivity index (χ1) is 6.66. The largest absolute Gasteiger partial charge is 0.319 e. The molecule has 14 heavy (non-hydrogen) atoms. The van der Waals surface area contributed by atoms with Crippen molar-refractivity contribution in [2.45, 2.75) is 0 Å². The molecule has 0 aliphatic rings. The van der Waals surface area contributed by atoms with E-state index in [4.69, 9.17) is 12.2 Å². The van der Waals surface area contributed by atoms with E-state index >= 15 is 0 Å². The molecule has 0 aromatic carbocycles. The number of pyridine rings is 1. The fourth-order valence-electron chi connectivity index (χ4n) is 1.11. The van der Waals surface area contributed by atoms with Crippen LogP contribution in [0.15, 0.2) is 23.0 Å². The van der Waals surface area contributed by atoms with E-state index in [2.05, 4.69) is 15.1 Å². The van der Waals surface area contributed by atoms with E-state index in [1.165, 1.54) is 6.07 Å². The summed E-state index contributed by atoms with van der Waals surface area (Å²) in [4.78, 5) is 17.8. The highest BCUT2D eigenvalue weighted by Gasteiger charge is 2.02. The number of H-pyrrole nitrogens is 2. The maximum atomic E-state index is 11.0. The summed E-state index contributed by atoms with van der Waals surface area (Å²) in [5, 5.41) is 2.92. The first-order valence-electron chi connectivity index (χ1n) is 3.99. The Balaban J connectivity index is 2.60. The number of rotatable bonds is 1. The summed E-state index contributed by atoms with van der Waals surface area (Å²) in [6.45, 7) is 0. The minimum absolute atomic E-state index is 0.160. The zero-order chi connectivity index (χ0) is 10.1. The Bertz CT molecular complexity index is 565. The molecule has 0 aliphatic carbocycles. The lowest BCUT2D eigenvalue weighted by atomic mass is 10.3. The standard InChI is InChI=1S/C8H8N4OS/c1-12-8(14)10-7(11-12)5-3-2-4-6(13)9-5/h2-4H,1H3,(H,9,13)(H,10,11,14). The molecule has 0 saturated carbocycles. The third-order valence-corrected chi connectivity index (χ3v) is 2.16. The highest BCUT2D eigenvalue weighted by molar-refractivity contribution is 7.71. The van der Waals surface area contributed by atoms with Gasteiger partial charge in [0.1, 0.15) is 0 Å². The maximum Gasteiger partial charge on any atom is 0.248 e. The van der Waals surface area contributed by atoms with Gasteiger partial charge in [-0.1, -0.05) is 6.07 Å². The van der Waals surface area contributed by atoms with Crippen LogP contribution in [0.1, 0.15) is 0 Å². The van der Waals surface area contributed by atoms with Gasteiger partial charge in [0.05, 0.1) is 5.69 Å². The molecular weight excluding hydrogens is 200 g/mol. The van der Waals surface area contributed by atoms with Gasteiger partial charge in [0, 0.05) is 13.1 Å². The molecule has 0 fully saturated rings. The number of hydrogen-bond donors (Lipinski definition) is 2. The third-order valence-electron chi connectivity index (χ3n) is 1.79. The maximum absolute atomic E-state index is 11.0. The zero-order valence-electron chi connectivity index (χ0n) is 7.44. The second kappa shape index (κ2) is 3.22. The topological polar surface area (TPSA) is 66.5 Å². The van der Waals surface area contributed by atoms with Crippen LogP contribution < -0.4 is 5.56 Å². The van der Waals surface area contributed by atoms with Gasteiger partial charge in [-0.15, -0.1) is 0 Å². The Morgan fingerprint density at radius 2 is 2.29 bits per heavy atom. The Morgan fingerprint density at radius 3 is 2.86 bits per heavy atom. The Kier molecular flexibility index (Phi) is 2.05. The minimum Gasteiger partial charge on any atom is -0.319 e. The van der Waals surface area contributed by atoms with Crippen molar-refractivity contribution < 1.29 is 0 Å². The van der Waals surface area contributed by atoms with E-state index in [0.29, 0.717) is 16.3 Å². The summed E-state index contributed by atoms with van der Waals surface area (Å²) in [6.07, 6.45) is 0. The van der Waals surface area contributed by atoms with Gasteiger partial charge in [-0.3, -0.25) is 14.6 Å². The molecule has 2 aromatic rings. The van der Waals surface area contributed by atoms with Gasteiger partial charge in [-0.2, -0.15) is 4.98 Å². The van der Waals surface area contributed by atoms with Gasteiger partial charge in [0.15, 0.2) is 5.82 Å². The van der Waals surface area contributed by atoms with Gasteiger partial charge in [-0.05, 0) is 18.3 Å². The summed E-state index contributed by atoms with van der Waals surface area (Å²) in [6, 6.07) is 4.87. The molecule has 0 amide bonds. The molecule has 2 aromatic heterocycles. The van der Waals surface area contributed by atoms with E-state index < -0.39 is 0 Å². The van der Waals surface area contributed by atoms with Crippen molar-refractivity contribution in [2.75, 3.05) is 0 Å². The smallest absolute Gasteiger partial charge is 0.248 e. The van der Waals surface area contributed by atoms with Crippen LogP contribution >= 0.6 is 12.2 Å². The summed E-state index contributed by atoms with van der Waals surface area (Å²) >= 11 is 4.94. The average Bonchev–Trinajstić information content (AvgIpc) is 2.47. The molecule has 2 N–H and O–H groups in total. The lowest BCUT2D eigenvalue weighted by Crippen LogP contribution is -2.04. The quantitative estimate of drug-likeness (QED) is 0.682. The molecule has 0 bridgehead atoms. The summed E-state index contributed by atoms with van der Waals surface area (Å²) in [5.74, 6) is 0.565. The average molecular weight is 208 g/mol. The number of aromatic amines is 2. The summed E-state index contributed by atoms with van der Waals surface area (Å²) < 4.78 is 2.06. The van der Waals surface area contributed by atoms with E-state index in [1.807, 2.05) is 0 Å². The van der Waals surface area contributed by atoms with E-state index in [0.717, 1.165) is 0 Å². The molecule has 5 nitrogen and oxygen atoms in total. The molecule has 0 saturated heterocycles. The van der Waals surface area contributed by atoms with Crippen molar-refractivity contribution in [1.29, 1.82) is 0 Å². The van der Waals surface area contributed by atoms with Crippen molar-refractivity contribution in [3.63, 3.8) is 0 Å². The van der Waals surface area contributed by atoms with E-state index in [9.17, 15) is 4.79 Å². The van der Waals surface area contributed by atoms with Gasteiger partial charge in [0.25, 0.3) is 0 Å².